The van der Waals surface area contributed by atoms with Crippen LogP contribution in [-0.4, -0.2) is 35.1 Å². The summed E-state index contributed by atoms with van der Waals surface area (Å²) in [5.74, 6) is -1.14. The van der Waals surface area contributed by atoms with Gasteiger partial charge >= 0.3 is 5.97 Å². The van der Waals surface area contributed by atoms with E-state index in [1.165, 1.54) is 0 Å². The van der Waals surface area contributed by atoms with Gasteiger partial charge in [-0.3, -0.25) is 15.0 Å². The Balaban J connectivity index is 2.13. The first-order chi connectivity index (χ1) is 6.18. The summed E-state index contributed by atoms with van der Waals surface area (Å²) in [6, 6.07) is 0. The molecule has 1 aliphatic rings. The van der Waals surface area contributed by atoms with Gasteiger partial charge in [0.15, 0.2) is 0 Å². The molecule has 74 valence electrons. The molecule has 0 bridgehead atoms. The van der Waals surface area contributed by atoms with Crippen LogP contribution in [0.15, 0.2) is 0 Å². The van der Waals surface area contributed by atoms with E-state index in [0.717, 1.165) is 25.9 Å². The second kappa shape index (κ2) is 4.81. The quantitative estimate of drug-likeness (QED) is 0.647. The summed E-state index contributed by atoms with van der Waals surface area (Å²) in [4.78, 5) is 21.2. The third-order valence-electron chi connectivity index (χ3n) is 1.95. The highest BCUT2D eigenvalue weighted by Crippen LogP contribution is 2.03. The normalized spacial score (nSPS) is 17.2. The molecule has 0 unspecified atom stereocenters. The lowest BCUT2D eigenvalue weighted by Crippen LogP contribution is -2.40. The molecule has 1 amide bonds. The van der Waals surface area contributed by atoms with Gasteiger partial charge in [0.25, 0.3) is 0 Å². The van der Waals surface area contributed by atoms with Gasteiger partial charge in [-0.1, -0.05) is 0 Å². The van der Waals surface area contributed by atoms with Crippen LogP contribution in [-0.2, 0) is 9.59 Å². The van der Waals surface area contributed by atoms with Crippen molar-refractivity contribution in [3.05, 3.63) is 0 Å². The van der Waals surface area contributed by atoms with Gasteiger partial charge in [-0.15, -0.1) is 0 Å². The third kappa shape index (κ3) is 3.89. The highest BCUT2D eigenvalue weighted by atomic mass is 16.4. The number of hydrogen-bond acceptors (Lipinski definition) is 3. The lowest BCUT2D eigenvalue weighted by molar-refractivity contribution is -0.139. The van der Waals surface area contributed by atoms with E-state index in [2.05, 4.69) is 5.43 Å². The van der Waals surface area contributed by atoms with Crippen LogP contribution in [0.25, 0.3) is 0 Å². The number of hydrogen-bond donors (Lipinski definition) is 2. The number of nitrogens with zero attached hydrogens (tertiary/aromatic N) is 1. The van der Waals surface area contributed by atoms with Crippen molar-refractivity contribution in [2.45, 2.75) is 25.7 Å². The standard InChI is InChI=1S/C8H14N2O3/c11-7(3-4-8(12)13)9-10-5-1-2-6-10/h1-6H2,(H,9,11)(H,12,13). The zero-order chi connectivity index (χ0) is 9.68. The van der Waals surface area contributed by atoms with Crippen molar-refractivity contribution >= 4 is 11.9 Å². The number of carboxylic acid groups (broad SMARTS) is 1. The Labute approximate surface area is 76.7 Å². The van der Waals surface area contributed by atoms with Gasteiger partial charge in [-0.25, -0.2) is 5.01 Å². The van der Waals surface area contributed by atoms with Crippen molar-refractivity contribution in [3.63, 3.8) is 0 Å². The molecule has 1 saturated heterocycles. The minimum absolute atomic E-state index is 0.0613. The van der Waals surface area contributed by atoms with Crippen LogP contribution in [0.2, 0.25) is 0 Å². The van der Waals surface area contributed by atoms with E-state index < -0.39 is 5.97 Å². The Hall–Kier alpha value is -1.10. The molecule has 0 aromatic rings. The molecule has 2 N–H and O–H groups in total. The van der Waals surface area contributed by atoms with Crippen LogP contribution in [0.4, 0.5) is 0 Å². The number of rotatable bonds is 4. The van der Waals surface area contributed by atoms with Crippen LogP contribution in [0.5, 0.6) is 0 Å². The number of amides is 1. The summed E-state index contributed by atoms with van der Waals surface area (Å²) in [5, 5.41) is 10.2. The number of carboxylic acids is 1. The summed E-state index contributed by atoms with van der Waals surface area (Å²) in [6.45, 7) is 1.75. The van der Waals surface area contributed by atoms with Gasteiger partial charge in [0, 0.05) is 19.5 Å². The number of carbonyl (C=O) groups excluding carboxylic acids is 1. The monoisotopic (exact) mass is 186 g/mol. The Morgan fingerprint density at radius 2 is 1.85 bits per heavy atom. The third-order valence-corrected chi connectivity index (χ3v) is 1.95. The largest absolute Gasteiger partial charge is 0.481 e. The van der Waals surface area contributed by atoms with E-state index >= 15 is 0 Å². The second-order valence-electron chi connectivity index (χ2n) is 3.12. The lowest BCUT2D eigenvalue weighted by atomic mass is 10.3. The van der Waals surface area contributed by atoms with Gasteiger partial charge < -0.3 is 5.11 Å². The fraction of sp³-hybridized carbons (Fsp3) is 0.750. The van der Waals surface area contributed by atoms with Crippen molar-refractivity contribution in [2.24, 2.45) is 0 Å². The Bertz CT molecular complexity index is 200. The SMILES string of the molecule is O=C(O)CCC(=O)NN1CCCC1. The smallest absolute Gasteiger partial charge is 0.303 e. The van der Waals surface area contributed by atoms with E-state index in [1.807, 2.05) is 5.01 Å². The van der Waals surface area contributed by atoms with E-state index in [4.69, 9.17) is 5.11 Å². The van der Waals surface area contributed by atoms with E-state index in [9.17, 15) is 9.59 Å². The Kier molecular flexibility index (Phi) is 3.70. The zero-order valence-corrected chi connectivity index (χ0v) is 7.45. The fourth-order valence-electron chi connectivity index (χ4n) is 1.28. The summed E-state index contributed by atoms with van der Waals surface area (Å²) in [7, 11) is 0. The molecule has 0 atom stereocenters. The lowest BCUT2D eigenvalue weighted by Gasteiger charge is -2.15. The van der Waals surface area contributed by atoms with Gasteiger partial charge in [0.2, 0.25) is 5.91 Å². The number of carbonyl (C=O) groups is 2. The zero-order valence-electron chi connectivity index (χ0n) is 7.45. The summed E-state index contributed by atoms with van der Waals surface area (Å²) >= 11 is 0. The van der Waals surface area contributed by atoms with Crippen molar-refractivity contribution in [1.82, 2.24) is 10.4 Å². The summed E-state index contributed by atoms with van der Waals surface area (Å²) < 4.78 is 0. The van der Waals surface area contributed by atoms with Crippen molar-refractivity contribution < 1.29 is 14.7 Å². The van der Waals surface area contributed by atoms with Crippen LogP contribution < -0.4 is 5.43 Å². The molecule has 0 aliphatic carbocycles. The minimum atomic E-state index is -0.934. The van der Waals surface area contributed by atoms with Crippen LogP contribution in [0.1, 0.15) is 25.7 Å². The molecular formula is C8H14N2O3. The van der Waals surface area contributed by atoms with Gasteiger partial charge in [0.05, 0.1) is 6.42 Å². The van der Waals surface area contributed by atoms with E-state index in [1.54, 1.807) is 0 Å². The van der Waals surface area contributed by atoms with Crippen molar-refractivity contribution in [3.8, 4) is 0 Å². The van der Waals surface area contributed by atoms with E-state index in [0.29, 0.717) is 0 Å². The minimum Gasteiger partial charge on any atom is -0.481 e. The molecule has 1 rings (SSSR count). The maximum absolute atomic E-state index is 11.1. The summed E-state index contributed by atoms with van der Waals surface area (Å²) in [6.07, 6.45) is 2.16. The highest BCUT2D eigenvalue weighted by molar-refractivity contribution is 5.80. The number of hydrazine groups is 1. The molecule has 0 radical (unpaired) electrons. The molecule has 1 aliphatic heterocycles. The molecule has 0 aromatic heterocycles. The molecule has 0 saturated carbocycles. The van der Waals surface area contributed by atoms with Gasteiger partial charge in [-0.05, 0) is 12.8 Å². The first kappa shape index (κ1) is 9.98. The molecule has 13 heavy (non-hydrogen) atoms. The number of nitrogens with one attached hydrogen (secondary N) is 1. The molecule has 0 spiro atoms. The van der Waals surface area contributed by atoms with Crippen molar-refractivity contribution in [2.75, 3.05) is 13.1 Å². The predicted octanol–water partition coefficient (Wildman–Crippen LogP) is -0.0218. The molecule has 0 aromatic carbocycles. The van der Waals surface area contributed by atoms with Crippen molar-refractivity contribution in [1.29, 1.82) is 0 Å². The molecule has 5 heteroatoms. The fourth-order valence-corrected chi connectivity index (χ4v) is 1.28. The average Bonchev–Trinajstić information content (AvgIpc) is 2.53. The maximum atomic E-state index is 11.1. The highest BCUT2D eigenvalue weighted by Gasteiger charge is 2.14. The second-order valence-corrected chi connectivity index (χ2v) is 3.12. The molecule has 1 fully saturated rings. The van der Waals surface area contributed by atoms with Gasteiger partial charge in [-0.2, -0.15) is 0 Å². The molecule has 5 nitrogen and oxygen atoms in total. The summed E-state index contributed by atoms with van der Waals surface area (Å²) in [5.41, 5.74) is 2.67. The Morgan fingerprint density at radius 1 is 1.23 bits per heavy atom. The van der Waals surface area contributed by atoms with Crippen LogP contribution in [0.3, 0.4) is 0 Å². The Morgan fingerprint density at radius 3 is 2.38 bits per heavy atom. The van der Waals surface area contributed by atoms with Crippen LogP contribution >= 0.6 is 0 Å². The van der Waals surface area contributed by atoms with Gasteiger partial charge in [0.1, 0.15) is 0 Å². The molecular weight excluding hydrogens is 172 g/mol. The number of aliphatic carboxylic acids is 1. The maximum Gasteiger partial charge on any atom is 0.303 e. The predicted molar refractivity (Wildman–Crippen MR) is 45.8 cm³/mol. The molecule has 1 heterocycles. The first-order valence-corrected chi connectivity index (χ1v) is 4.45. The average molecular weight is 186 g/mol. The van der Waals surface area contributed by atoms with E-state index in [-0.39, 0.29) is 18.7 Å². The first-order valence-electron chi connectivity index (χ1n) is 4.45. The van der Waals surface area contributed by atoms with Crippen LogP contribution in [0, 0.1) is 0 Å². The topological polar surface area (TPSA) is 69.6 Å².